The van der Waals surface area contributed by atoms with Gasteiger partial charge in [0.15, 0.2) is 0 Å². The molecule has 2 heterocycles. The number of hydrogen-bond acceptors (Lipinski definition) is 4. The topological polar surface area (TPSA) is 81.4 Å². The van der Waals surface area contributed by atoms with Crippen LogP contribution in [0.2, 0.25) is 0 Å². The lowest BCUT2D eigenvalue weighted by Crippen LogP contribution is -2.45. The monoisotopic (exact) mass is 315 g/mol. The molecule has 1 saturated heterocycles. The van der Waals surface area contributed by atoms with Gasteiger partial charge in [-0.1, -0.05) is 0 Å². The Morgan fingerprint density at radius 1 is 1.33 bits per heavy atom. The van der Waals surface area contributed by atoms with E-state index in [0.717, 1.165) is 12.8 Å². The normalized spacial score (nSPS) is 20.6. The van der Waals surface area contributed by atoms with E-state index in [1.807, 2.05) is 6.92 Å². The molecule has 1 fully saturated rings. The molecule has 0 bridgehead atoms. The van der Waals surface area contributed by atoms with Crippen LogP contribution in [0.15, 0.2) is 21.9 Å². The molecule has 0 aliphatic carbocycles. The SMILES string of the molecule is CCn1ccc(=O)n(CC2CCCN(S(C)(=O)=O)C2)c1=O. The van der Waals surface area contributed by atoms with Gasteiger partial charge in [-0.3, -0.25) is 9.36 Å². The molecule has 0 aromatic carbocycles. The molecule has 1 unspecified atom stereocenters. The van der Waals surface area contributed by atoms with Gasteiger partial charge in [-0.25, -0.2) is 17.5 Å². The van der Waals surface area contributed by atoms with Gasteiger partial charge in [0.2, 0.25) is 10.0 Å². The predicted molar refractivity (Wildman–Crippen MR) is 79.8 cm³/mol. The van der Waals surface area contributed by atoms with Gasteiger partial charge in [0, 0.05) is 38.4 Å². The molecular weight excluding hydrogens is 294 g/mol. The van der Waals surface area contributed by atoms with Crippen LogP contribution in [0, 0.1) is 5.92 Å². The largest absolute Gasteiger partial charge is 0.330 e. The van der Waals surface area contributed by atoms with Crippen LogP contribution >= 0.6 is 0 Å². The highest BCUT2D eigenvalue weighted by molar-refractivity contribution is 7.88. The van der Waals surface area contributed by atoms with Gasteiger partial charge in [-0.05, 0) is 25.7 Å². The van der Waals surface area contributed by atoms with Crippen LogP contribution in [0.3, 0.4) is 0 Å². The number of aromatic nitrogens is 2. The first-order valence-electron chi connectivity index (χ1n) is 7.08. The van der Waals surface area contributed by atoms with Crippen molar-refractivity contribution in [2.45, 2.75) is 32.9 Å². The van der Waals surface area contributed by atoms with E-state index in [1.54, 1.807) is 0 Å². The molecule has 1 atom stereocenters. The maximum absolute atomic E-state index is 12.2. The molecule has 7 nitrogen and oxygen atoms in total. The quantitative estimate of drug-likeness (QED) is 0.764. The summed E-state index contributed by atoms with van der Waals surface area (Å²) in [5.41, 5.74) is -0.664. The Bertz CT molecular complexity index is 720. The van der Waals surface area contributed by atoms with Crippen LogP contribution in [-0.2, 0) is 23.1 Å². The van der Waals surface area contributed by atoms with Crippen molar-refractivity contribution in [3.05, 3.63) is 33.1 Å². The van der Waals surface area contributed by atoms with Gasteiger partial charge in [-0.2, -0.15) is 0 Å². The maximum atomic E-state index is 12.2. The van der Waals surface area contributed by atoms with E-state index in [9.17, 15) is 18.0 Å². The van der Waals surface area contributed by atoms with E-state index in [1.165, 1.54) is 32.0 Å². The van der Waals surface area contributed by atoms with Crippen molar-refractivity contribution in [2.75, 3.05) is 19.3 Å². The molecule has 21 heavy (non-hydrogen) atoms. The Kier molecular flexibility index (Phi) is 4.67. The first-order chi connectivity index (χ1) is 9.82. The smallest absolute Gasteiger partial charge is 0.301 e. The van der Waals surface area contributed by atoms with E-state index in [4.69, 9.17) is 0 Å². The minimum Gasteiger partial charge on any atom is -0.301 e. The van der Waals surface area contributed by atoms with E-state index in [0.29, 0.717) is 19.6 Å². The van der Waals surface area contributed by atoms with Crippen molar-refractivity contribution in [1.29, 1.82) is 0 Å². The highest BCUT2D eigenvalue weighted by atomic mass is 32.2. The van der Waals surface area contributed by atoms with Crippen LogP contribution in [0.4, 0.5) is 0 Å². The van der Waals surface area contributed by atoms with Crippen molar-refractivity contribution in [3.8, 4) is 0 Å². The molecule has 8 heteroatoms. The summed E-state index contributed by atoms with van der Waals surface area (Å²) in [7, 11) is -3.22. The molecule has 0 N–H and O–H groups in total. The second kappa shape index (κ2) is 6.15. The van der Waals surface area contributed by atoms with Gasteiger partial charge in [0.05, 0.1) is 6.26 Å². The predicted octanol–water partition coefficient (Wildman–Crippen LogP) is -0.298. The second-order valence-electron chi connectivity index (χ2n) is 5.46. The summed E-state index contributed by atoms with van der Waals surface area (Å²) in [6, 6.07) is 1.38. The van der Waals surface area contributed by atoms with Gasteiger partial charge < -0.3 is 4.57 Å². The van der Waals surface area contributed by atoms with Gasteiger partial charge in [0.25, 0.3) is 5.56 Å². The van der Waals surface area contributed by atoms with Crippen molar-refractivity contribution in [3.63, 3.8) is 0 Å². The number of aryl methyl sites for hydroxylation is 1. The average Bonchev–Trinajstić information content (AvgIpc) is 2.43. The minimum atomic E-state index is -3.22. The summed E-state index contributed by atoms with van der Waals surface area (Å²) in [4.78, 5) is 24.0. The van der Waals surface area contributed by atoms with Crippen molar-refractivity contribution in [1.82, 2.24) is 13.4 Å². The van der Waals surface area contributed by atoms with E-state index >= 15 is 0 Å². The fourth-order valence-electron chi connectivity index (χ4n) is 2.70. The number of nitrogens with zero attached hydrogens (tertiary/aromatic N) is 3. The lowest BCUT2D eigenvalue weighted by atomic mass is 10.00. The molecule has 0 spiro atoms. The van der Waals surface area contributed by atoms with Crippen LogP contribution in [0.5, 0.6) is 0 Å². The number of rotatable bonds is 4. The molecule has 1 aliphatic rings. The molecule has 2 rings (SSSR count). The third-order valence-corrected chi connectivity index (χ3v) is 5.14. The zero-order valence-corrected chi connectivity index (χ0v) is 13.2. The zero-order chi connectivity index (χ0) is 15.6. The second-order valence-corrected chi connectivity index (χ2v) is 7.44. The summed E-state index contributed by atoms with van der Waals surface area (Å²) < 4.78 is 27.3. The minimum absolute atomic E-state index is 0.00780. The number of sulfonamides is 1. The van der Waals surface area contributed by atoms with Gasteiger partial charge >= 0.3 is 5.69 Å². The average molecular weight is 315 g/mol. The van der Waals surface area contributed by atoms with E-state index in [-0.39, 0.29) is 23.7 Å². The first kappa shape index (κ1) is 16.0. The Labute approximate surface area is 123 Å². The molecule has 1 aromatic heterocycles. The van der Waals surface area contributed by atoms with Gasteiger partial charge in [-0.15, -0.1) is 0 Å². The summed E-state index contributed by atoms with van der Waals surface area (Å²) in [6.45, 7) is 3.48. The van der Waals surface area contributed by atoms with Crippen molar-refractivity contribution in [2.24, 2.45) is 5.92 Å². The lowest BCUT2D eigenvalue weighted by Gasteiger charge is -2.31. The molecule has 0 amide bonds. The summed E-state index contributed by atoms with van der Waals surface area (Å²) in [5, 5.41) is 0. The third kappa shape index (κ3) is 3.62. The summed E-state index contributed by atoms with van der Waals surface area (Å²) >= 11 is 0. The fourth-order valence-corrected chi connectivity index (χ4v) is 3.64. The summed E-state index contributed by atoms with van der Waals surface area (Å²) in [6.07, 6.45) is 4.25. The Morgan fingerprint density at radius 2 is 2.05 bits per heavy atom. The molecule has 1 aliphatic heterocycles. The van der Waals surface area contributed by atoms with E-state index < -0.39 is 10.0 Å². The standard InChI is InChI=1S/C13H21N3O4S/c1-3-14-8-6-12(17)16(13(14)18)10-11-5-4-7-15(9-11)21(2,19)20/h6,8,11H,3-5,7,9-10H2,1-2H3. The highest BCUT2D eigenvalue weighted by Gasteiger charge is 2.26. The Balaban J connectivity index is 2.23. The van der Waals surface area contributed by atoms with Gasteiger partial charge in [0.1, 0.15) is 0 Å². The molecule has 1 aromatic rings. The van der Waals surface area contributed by atoms with Crippen LogP contribution in [0.1, 0.15) is 19.8 Å². The summed E-state index contributed by atoms with van der Waals surface area (Å²) in [5.74, 6) is -0.00780. The third-order valence-electron chi connectivity index (χ3n) is 3.87. The molecular formula is C13H21N3O4S. The number of piperidine rings is 1. The Hall–Kier alpha value is -1.41. The lowest BCUT2D eigenvalue weighted by molar-refractivity contribution is 0.241. The van der Waals surface area contributed by atoms with Crippen LogP contribution < -0.4 is 11.2 Å². The highest BCUT2D eigenvalue weighted by Crippen LogP contribution is 2.19. The Morgan fingerprint density at radius 3 is 2.67 bits per heavy atom. The van der Waals surface area contributed by atoms with Crippen LogP contribution in [0.25, 0.3) is 0 Å². The zero-order valence-electron chi connectivity index (χ0n) is 12.4. The fraction of sp³-hybridized carbons (Fsp3) is 0.692. The maximum Gasteiger partial charge on any atom is 0.330 e. The molecule has 118 valence electrons. The first-order valence-corrected chi connectivity index (χ1v) is 8.93. The molecule has 0 saturated carbocycles. The molecule has 0 radical (unpaired) electrons. The number of hydrogen-bond donors (Lipinski definition) is 0. The van der Waals surface area contributed by atoms with Crippen LogP contribution in [-0.4, -0.2) is 41.2 Å². The van der Waals surface area contributed by atoms with E-state index in [2.05, 4.69) is 0 Å². The van der Waals surface area contributed by atoms with Crippen molar-refractivity contribution < 1.29 is 8.42 Å². The van der Waals surface area contributed by atoms with Crippen molar-refractivity contribution >= 4 is 10.0 Å².